The maximum atomic E-state index is 5.53. The summed E-state index contributed by atoms with van der Waals surface area (Å²) in [5.74, 6) is 2.54. The fourth-order valence-electron chi connectivity index (χ4n) is 3.10. The molecular weight excluding hydrogens is 198 g/mol. The normalized spacial score (nSPS) is 40.9. The Kier molecular flexibility index (Phi) is 4.66. The van der Waals surface area contributed by atoms with Gasteiger partial charge in [-0.25, -0.2) is 0 Å². The van der Waals surface area contributed by atoms with E-state index in [-0.39, 0.29) is 0 Å². The molecule has 94 valence electrons. The molecule has 2 rings (SSSR count). The SMILES string of the molecule is CC1CCC(C)C(NCC2CCCOC2)C1. The van der Waals surface area contributed by atoms with Gasteiger partial charge in [0.15, 0.2) is 0 Å². The lowest BCUT2D eigenvalue weighted by atomic mass is 9.80. The Bertz CT molecular complexity index is 201. The minimum Gasteiger partial charge on any atom is -0.381 e. The average Bonchev–Trinajstić information content (AvgIpc) is 2.32. The van der Waals surface area contributed by atoms with Crippen molar-refractivity contribution in [3.8, 4) is 0 Å². The van der Waals surface area contributed by atoms with E-state index in [9.17, 15) is 0 Å². The monoisotopic (exact) mass is 225 g/mol. The van der Waals surface area contributed by atoms with E-state index < -0.39 is 0 Å². The van der Waals surface area contributed by atoms with Gasteiger partial charge in [0.05, 0.1) is 6.61 Å². The zero-order chi connectivity index (χ0) is 11.4. The minimum atomic E-state index is 0.755. The summed E-state index contributed by atoms with van der Waals surface area (Å²) in [7, 11) is 0. The van der Waals surface area contributed by atoms with Crippen molar-refractivity contribution in [3.63, 3.8) is 0 Å². The van der Waals surface area contributed by atoms with E-state index in [1.54, 1.807) is 0 Å². The summed E-state index contributed by atoms with van der Waals surface area (Å²) in [6.07, 6.45) is 6.80. The van der Waals surface area contributed by atoms with Crippen LogP contribution in [0.1, 0.15) is 46.0 Å². The lowest BCUT2D eigenvalue weighted by Crippen LogP contribution is -2.42. The van der Waals surface area contributed by atoms with E-state index in [4.69, 9.17) is 4.74 Å². The first kappa shape index (κ1) is 12.4. The molecule has 1 N–H and O–H groups in total. The van der Waals surface area contributed by atoms with Gasteiger partial charge in [-0.05, 0) is 43.4 Å². The van der Waals surface area contributed by atoms with Gasteiger partial charge in [-0.2, -0.15) is 0 Å². The molecule has 0 aromatic carbocycles. The highest BCUT2D eigenvalue weighted by Gasteiger charge is 2.25. The molecule has 16 heavy (non-hydrogen) atoms. The van der Waals surface area contributed by atoms with Gasteiger partial charge >= 0.3 is 0 Å². The van der Waals surface area contributed by atoms with Crippen molar-refractivity contribution < 1.29 is 4.74 Å². The standard InChI is InChI=1S/C14H27NO/c1-11-5-6-12(2)14(8-11)15-9-13-4-3-7-16-10-13/h11-15H,3-10H2,1-2H3. The van der Waals surface area contributed by atoms with Crippen molar-refractivity contribution in [2.75, 3.05) is 19.8 Å². The third kappa shape index (κ3) is 3.46. The van der Waals surface area contributed by atoms with Crippen molar-refractivity contribution in [3.05, 3.63) is 0 Å². The van der Waals surface area contributed by atoms with Crippen molar-refractivity contribution >= 4 is 0 Å². The lowest BCUT2D eigenvalue weighted by molar-refractivity contribution is 0.0516. The van der Waals surface area contributed by atoms with Crippen LogP contribution in [0, 0.1) is 17.8 Å². The molecule has 2 aliphatic rings. The van der Waals surface area contributed by atoms with E-state index in [1.807, 2.05) is 0 Å². The first-order valence-electron chi connectivity index (χ1n) is 7.07. The molecular formula is C14H27NO. The summed E-state index contributed by atoms with van der Waals surface area (Å²) in [6.45, 7) is 7.92. The molecule has 1 aliphatic heterocycles. The van der Waals surface area contributed by atoms with E-state index in [2.05, 4.69) is 19.2 Å². The number of ether oxygens (including phenoxy) is 1. The van der Waals surface area contributed by atoms with E-state index >= 15 is 0 Å². The van der Waals surface area contributed by atoms with Crippen LogP contribution < -0.4 is 5.32 Å². The molecule has 0 aromatic rings. The van der Waals surface area contributed by atoms with E-state index in [0.717, 1.165) is 37.0 Å². The van der Waals surface area contributed by atoms with Gasteiger partial charge in [0.25, 0.3) is 0 Å². The summed E-state index contributed by atoms with van der Waals surface area (Å²) >= 11 is 0. The van der Waals surface area contributed by atoms with E-state index in [1.165, 1.54) is 38.6 Å². The fraction of sp³-hybridized carbons (Fsp3) is 1.00. The largest absolute Gasteiger partial charge is 0.381 e. The smallest absolute Gasteiger partial charge is 0.0506 e. The molecule has 2 nitrogen and oxygen atoms in total. The van der Waals surface area contributed by atoms with Gasteiger partial charge in [0, 0.05) is 19.2 Å². The van der Waals surface area contributed by atoms with Crippen molar-refractivity contribution in [2.45, 2.75) is 52.0 Å². The predicted molar refractivity (Wildman–Crippen MR) is 67.5 cm³/mol. The van der Waals surface area contributed by atoms with E-state index in [0.29, 0.717) is 0 Å². The van der Waals surface area contributed by atoms with Crippen molar-refractivity contribution in [1.29, 1.82) is 0 Å². The zero-order valence-corrected chi connectivity index (χ0v) is 10.9. The lowest BCUT2D eigenvalue weighted by Gasteiger charge is -2.35. The molecule has 1 saturated carbocycles. The molecule has 1 heterocycles. The van der Waals surface area contributed by atoms with Gasteiger partial charge < -0.3 is 10.1 Å². The van der Waals surface area contributed by atoms with Crippen molar-refractivity contribution in [1.82, 2.24) is 5.32 Å². The van der Waals surface area contributed by atoms with Gasteiger partial charge in [-0.1, -0.05) is 20.3 Å². The molecule has 0 radical (unpaired) electrons. The van der Waals surface area contributed by atoms with Crippen LogP contribution >= 0.6 is 0 Å². The Labute approximate surface area is 100 Å². The first-order chi connectivity index (χ1) is 7.75. The highest BCUT2D eigenvalue weighted by Crippen LogP contribution is 2.28. The number of nitrogens with one attached hydrogen (secondary N) is 1. The molecule has 1 saturated heterocycles. The summed E-state index contributed by atoms with van der Waals surface area (Å²) in [6, 6.07) is 0.755. The molecule has 4 atom stereocenters. The summed E-state index contributed by atoms with van der Waals surface area (Å²) in [5, 5.41) is 3.79. The van der Waals surface area contributed by atoms with Crippen LogP contribution in [0.25, 0.3) is 0 Å². The molecule has 0 aromatic heterocycles. The fourth-order valence-corrected chi connectivity index (χ4v) is 3.10. The number of hydrogen-bond acceptors (Lipinski definition) is 2. The maximum absolute atomic E-state index is 5.53. The third-order valence-electron chi connectivity index (χ3n) is 4.38. The van der Waals surface area contributed by atoms with Crippen LogP contribution in [0.2, 0.25) is 0 Å². The summed E-state index contributed by atoms with van der Waals surface area (Å²) < 4.78 is 5.53. The highest BCUT2D eigenvalue weighted by molar-refractivity contribution is 4.82. The summed E-state index contributed by atoms with van der Waals surface area (Å²) in [4.78, 5) is 0. The predicted octanol–water partition coefficient (Wildman–Crippen LogP) is 2.83. The molecule has 0 spiro atoms. The minimum absolute atomic E-state index is 0.755. The van der Waals surface area contributed by atoms with Gasteiger partial charge in [0.1, 0.15) is 0 Å². The second-order valence-corrected chi connectivity index (χ2v) is 5.99. The Hall–Kier alpha value is -0.0800. The Balaban J connectivity index is 1.71. The molecule has 2 fully saturated rings. The van der Waals surface area contributed by atoms with Gasteiger partial charge in [-0.15, -0.1) is 0 Å². The number of hydrogen-bond donors (Lipinski definition) is 1. The maximum Gasteiger partial charge on any atom is 0.0506 e. The highest BCUT2D eigenvalue weighted by atomic mass is 16.5. The average molecular weight is 225 g/mol. The van der Waals surface area contributed by atoms with Gasteiger partial charge in [0.2, 0.25) is 0 Å². The quantitative estimate of drug-likeness (QED) is 0.797. The van der Waals surface area contributed by atoms with Crippen LogP contribution in [0.4, 0.5) is 0 Å². The third-order valence-corrected chi connectivity index (χ3v) is 4.38. The van der Waals surface area contributed by atoms with Gasteiger partial charge in [-0.3, -0.25) is 0 Å². The second kappa shape index (κ2) is 6.02. The van der Waals surface area contributed by atoms with Crippen LogP contribution in [-0.2, 0) is 4.74 Å². The Morgan fingerprint density at radius 2 is 2.06 bits per heavy atom. The Morgan fingerprint density at radius 3 is 2.81 bits per heavy atom. The second-order valence-electron chi connectivity index (χ2n) is 5.99. The molecule has 1 aliphatic carbocycles. The molecule has 0 bridgehead atoms. The van der Waals surface area contributed by atoms with Crippen LogP contribution in [0.15, 0.2) is 0 Å². The first-order valence-corrected chi connectivity index (χ1v) is 7.07. The van der Waals surface area contributed by atoms with Crippen molar-refractivity contribution in [2.24, 2.45) is 17.8 Å². The zero-order valence-electron chi connectivity index (χ0n) is 10.9. The van der Waals surface area contributed by atoms with Crippen LogP contribution in [0.5, 0.6) is 0 Å². The van der Waals surface area contributed by atoms with Crippen LogP contribution in [-0.4, -0.2) is 25.8 Å². The summed E-state index contributed by atoms with van der Waals surface area (Å²) in [5.41, 5.74) is 0. The molecule has 0 amide bonds. The molecule has 2 heteroatoms. The van der Waals surface area contributed by atoms with Crippen LogP contribution in [0.3, 0.4) is 0 Å². The Morgan fingerprint density at radius 1 is 1.19 bits per heavy atom. The number of rotatable bonds is 3. The topological polar surface area (TPSA) is 21.3 Å². The molecule has 4 unspecified atom stereocenters.